The van der Waals surface area contributed by atoms with Crippen LogP contribution in [0.3, 0.4) is 0 Å². The van der Waals surface area contributed by atoms with Gasteiger partial charge in [-0.3, -0.25) is 4.79 Å². The van der Waals surface area contributed by atoms with Gasteiger partial charge in [0, 0.05) is 6.61 Å². The molecule has 4 aliphatic rings. The maximum atomic E-state index is 12.6. The Bertz CT molecular complexity index is 658. The van der Waals surface area contributed by atoms with E-state index in [4.69, 9.17) is 14.2 Å². The van der Waals surface area contributed by atoms with E-state index in [0.29, 0.717) is 24.7 Å². The molecule has 0 saturated heterocycles. The second-order valence-corrected chi connectivity index (χ2v) is 12.4. The molecule has 0 amide bonds. The number of hydrogen-bond acceptors (Lipinski definition) is 4. The van der Waals surface area contributed by atoms with Gasteiger partial charge in [0.05, 0.1) is 12.0 Å². The second kappa shape index (κ2) is 14.7. The van der Waals surface area contributed by atoms with Crippen LogP contribution in [0.15, 0.2) is 25.3 Å². The van der Waals surface area contributed by atoms with Crippen LogP contribution in [0.1, 0.15) is 109 Å². The van der Waals surface area contributed by atoms with E-state index in [0.717, 1.165) is 75.7 Å². The van der Waals surface area contributed by atoms with Crippen molar-refractivity contribution in [2.45, 2.75) is 121 Å². The first kappa shape index (κ1) is 27.9. The van der Waals surface area contributed by atoms with Crippen molar-refractivity contribution in [2.75, 3.05) is 13.4 Å². The first-order valence-corrected chi connectivity index (χ1v) is 15.3. The minimum absolute atomic E-state index is 0.0779. The van der Waals surface area contributed by atoms with E-state index in [1.54, 1.807) is 0 Å². The standard InChI is InChI=1S/C32H52O4/c1-3-24-5-13-29(14-6-24)32(33)36-31-19-15-28(16-20-31)27-11-7-26(8-12-27)21-22-34-23-35-30-17-9-25(4-2)10-18-30/h3-4,24-31H,1-2,5-23H2. The summed E-state index contributed by atoms with van der Waals surface area (Å²) < 4.78 is 17.8. The topological polar surface area (TPSA) is 44.8 Å². The molecule has 0 aromatic rings. The maximum Gasteiger partial charge on any atom is 0.309 e. The lowest BCUT2D eigenvalue weighted by Gasteiger charge is -2.38. The molecule has 0 unspecified atom stereocenters. The van der Waals surface area contributed by atoms with E-state index >= 15 is 0 Å². The molecule has 4 nitrogen and oxygen atoms in total. The van der Waals surface area contributed by atoms with Crippen LogP contribution in [0.4, 0.5) is 0 Å². The van der Waals surface area contributed by atoms with E-state index < -0.39 is 0 Å². The maximum absolute atomic E-state index is 12.6. The van der Waals surface area contributed by atoms with Crippen LogP contribution in [0.2, 0.25) is 0 Å². The number of carbonyl (C=O) groups excluding carboxylic acids is 1. The third kappa shape index (κ3) is 8.45. The first-order valence-electron chi connectivity index (χ1n) is 15.3. The summed E-state index contributed by atoms with van der Waals surface area (Å²) in [6.45, 7) is 9.12. The monoisotopic (exact) mass is 500 g/mol. The molecular formula is C32H52O4. The Balaban J connectivity index is 1.02. The highest BCUT2D eigenvalue weighted by molar-refractivity contribution is 5.72. The van der Waals surface area contributed by atoms with Crippen molar-refractivity contribution in [3.63, 3.8) is 0 Å². The summed E-state index contributed by atoms with van der Waals surface area (Å²) in [4.78, 5) is 12.6. The summed E-state index contributed by atoms with van der Waals surface area (Å²) in [6, 6.07) is 0. The molecule has 4 aliphatic carbocycles. The Hall–Kier alpha value is -1.13. The molecule has 0 atom stereocenters. The number of hydrogen-bond donors (Lipinski definition) is 0. The lowest BCUT2D eigenvalue weighted by atomic mass is 9.70. The molecule has 0 aromatic carbocycles. The fourth-order valence-electron chi connectivity index (χ4n) is 7.42. The summed E-state index contributed by atoms with van der Waals surface area (Å²) in [6.07, 6.45) is 24.8. The number of ether oxygens (including phenoxy) is 3. The molecule has 0 bridgehead atoms. The van der Waals surface area contributed by atoms with Gasteiger partial charge in [0.1, 0.15) is 12.9 Å². The molecule has 0 aromatic heterocycles. The van der Waals surface area contributed by atoms with Gasteiger partial charge in [0.2, 0.25) is 0 Å². The van der Waals surface area contributed by atoms with Crippen molar-refractivity contribution >= 4 is 5.97 Å². The van der Waals surface area contributed by atoms with E-state index in [2.05, 4.69) is 25.3 Å². The number of rotatable bonds is 11. The number of carbonyl (C=O) groups is 1. The Morgan fingerprint density at radius 1 is 0.667 bits per heavy atom. The second-order valence-electron chi connectivity index (χ2n) is 12.4. The van der Waals surface area contributed by atoms with E-state index in [1.807, 2.05) is 0 Å². The summed E-state index contributed by atoms with van der Waals surface area (Å²) in [5, 5.41) is 0. The number of allylic oxidation sites excluding steroid dienone is 2. The van der Waals surface area contributed by atoms with Gasteiger partial charge >= 0.3 is 5.97 Å². The smallest absolute Gasteiger partial charge is 0.309 e. The number of esters is 1. The van der Waals surface area contributed by atoms with Gasteiger partial charge in [-0.15, -0.1) is 13.2 Å². The highest BCUT2D eigenvalue weighted by Crippen LogP contribution is 2.41. The van der Waals surface area contributed by atoms with Crippen molar-refractivity contribution in [2.24, 2.45) is 35.5 Å². The van der Waals surface area contributed by atoms with E-state index in [-0.39, 0.29) is 18.0 Å². The van der Waals surface area contributed by atoms with Gasteiger partial charge in [-0.2, -0.15) is 0 Å². The van der Waals surface area contributed by atoms with Crippen molar-refractivity contribution in [1.82, 2.24) is 0 Å². The molecule has 0 spiro atoms. The van der Waals surface area contributed by atoms with Crippen LogP contribution in [-0.4, -0.2) is 31.6 Å². The van der Waals surface area contributed by atoms with Crippen molar-refractivity contribution in [3.8, 4) is 0 Å². The molecule has 4 saturated carbocycles. The predicted octanol–water partition coefficient (Wildman–Crippen LogP) is 8.01. The van der Waals surface area contributed by atoms with Crippen LogP contribution in [0.5, 0.6) is 0 Å². The van der Waals surface area contributed by atoms with Crippen molar-refractivity contribution in [1.29, 1.82) is 0 Å². The molecule has 204 valence electrons. The minimum atomic E-state index is 0.0779. The zero-order valence-corrected chi connectivity index (χ0v) is 22.8. The molecular weight excluding hydrogens is 448 g/mol. The molecule has 4 heteroatoms. The lowest BCUT2D eigenvalue weighted by molar-refractivity contribution is -0.157. The van der Waals surface area contributed by atoms with Crippen LogP contribution < -0.4 is 0 Å². The zero-order chi connectivity index (χ0) is 25.2. The summed E-state index contributed by atoms with van der Waals surface area (Å²) >= 11 is 0. The normalized spacial score (nSPS) is 37.7. The lowest BCUT2D eigenvalue weighted by Crippen LogP contribution is -2.32. The van der Waals surface area contributed by atoms with E-state index in [9.17, 15) is 4.79 Å². The molecule has 4 rings (SSSR count). The molecule has 0 aliphatic heterocycles. The Morgan fingerprint density at radius 2 is 1.19 bits per heavy atom. The minimum Gasteiger partial charge on any atom is -0.462 e. The third-order valence-corrected chi connectivity index (χ3v) is 10.1. The van der Waals surface area contributed by atoms with Gasteiger partial charge in [0.15, 0.2) is 0 Å². The highest BCUT2D eigenvalue weighted by Gasteiger charge is 2.33. The van der Waals surface area contributed by atoms with Crippen LogP contribution in [0, 0.1) is 35.5 Å². The Morgan fingerprint density at radius 3 is 1.78 bits per heavy atom. The van der Waals surface area contributed by atoms with Crippen molar-refractivity contribution < 1.29 is 19.0 Å². The summed E-state index contributed by atoms with van der Waals surface area (Å²) in [5.74, 6) is 4.02. The average molecular weight is 501 g/mol. The van der Waals surface area contributed by atoms with Gasteiger partial charge in [0.25, 0.3) is 0 Å². The first-order chi connectivity index (χ1) is 17.6. The van der Waals surface area contributed by atoms with Crippen LogP contribution in [-0.2, 0) is 19.0 Å². The molecule has 0 N–H and O–H groups in total. The average Bonchev–Trinajstić information content (AvgIpc) is 2.94. The Kier molecular flexibility index (Phi) is 11.4. The molecule has 0 heterocycles. The van der Waals surface area contributed by atoms with Crippen molar-refractivity contribution in [3.05, 3.63) is 25.3 Å². The summed E-state index contributed by atoms with van der Waals surface area (Å²) in [5.41, 5.74) is 0. The fourth-order valence-corrected chi connectivity index (χ4v) is 7.42. The Labute approximate surface area is 220 Å². The largest absolute Gasteiger partial charge is 0.462 e. The quantitative estimate of drug-likeness (QED) is 0.125. The summed E-state index contributed by atoms with van der Waals surface area (Å²) in [7, 11) is 0. The molecule has 36 heavy (non-hydrogen) atoms. The van der Waals surface area contributed by atoms with Crippen LogP contribution in [0.25, 0.3) is 0 Å². The zero-order valence-electron chi connectivity index (χ0n) is 22.8. The molecule has 4 fully saturated rings. The predicted molar refractivity (Wildman–Crippen MR) is 145 cm³/mol. The highest BCUT2D eigenvalue weighted by atomic mass is 16.7. The SMILES string of the molecule is C=CC1CCC(OCOCCC2CCC(C3CCC(OC(=O)C4CCC(C=C)CC4)CC3)CC2)CC1. The van der Waals surface area contributed by atoms with Gasteiger partial charge in [-0.1, -0.05) is 25.0 Å². The third-order valence-electron chi connectivity index (χ3n) is 10.1. The van der Waals surface area contributed by atoms with Gasteiger partial charge in [-0.25, -0.2) is 0 Å². The molecule has 0 radical (unpaired) electrons. The fraction of sp³-hybridized carbons (Fsp3) is 0.844. The van der Waals surface area contributed by atoms with Gasteiger partial charge < -0.3 is 14.2 Å². The van der Waals surface area contributed by atoms with Crippen LogP contribution >= 0.6 is 0 Å². The van der Waals surface area contributed by atoms with Gasteiger partial charge in [-0.05, 0) is 126 Å². The van der Waals surface area contributed by atoms with E-state index in [1.165, 1.54) is 57.8 Å².